The number of carboxylic acid groups (broad SMARTS) is 1. The first-order valence-electron chi connectivity index (χ1n) is 8.13. The number of carbonyl (C=O) groups is 2. The van der Waals surface area contributed by atoms with Crippen molar-refractivity contribution in [3.63, 3.8) is 0 Å². The summed E-state index contributed by atoms with van der Waals surface area (Å²) in [5.41, 5.74) is 0.217. The van der Waals surface area contributed by atoms with Gasteiger partial charge < -0.3 is 20.1 Å². The molecule has 2 amide bonds. The average molecular weight is 350 g/mol. The van der Waals surface area contributed by atoms with Crippen LogP contribution in [0.5, 0.6) is 0 Å². The Labute approximate surface area is 137 Å². The molecule has 6 nitrogen and oxygen atoms in total. The van der Waals surface area contributed by atoms with Crippen molar-refractivity contribution in [3.05, 3.63) is 0 Å². The van der Waals surface area contributed by atoms with Gasteiger partial charge in [-0.05, 0) is 30.6 Å². The standard InChI is InChI=1S/C15H21F3N2O4/c16-15(17,18)11-8-20(7-10(11)12(21)22)13(23)19-6-9-5-14(9)1-3-24-4-2-14/h9-11H,1-8H2,(H,19,23)(H,21,22)/t9?,10-,11-/m1/s1. The Hall–Kier alpha value is -1.51. The number of nitrogens with zero attached hydrogens (tertiary/aromatic N) is 1. The van der Waals surface area contributed by atoms with Crippen molar-refractivity contribution in [1.82, 2.24) is 10.2 Å². The second-order valence-corrected chi connectivity index (χ2v) is 7.06. The molecule has 3 aliphatic rings. The Balaban J connectivity index is 1.52. The average Bonchev–Trinajstić information content (AvgIpc) is 2.98. The van der Waals surface area contributed by atoms with E-state index in [-0.39, 0.29) is 5.41 Å². The van der Waals surface area contributed by atoms with Crippen LogP contribution in [0, 0.1) is 23.2 Å². The van der Waals surface area contributed by atoms with Crippen LogP contribution < -0.4 is 5.32 Å². The zero-order valence-electron chi connectivity index (χ0n) is 13.1. The predicted molar refractivity (Wildman–Crippen MR) is 76.2 cm³/mol. The molecule has 1 saturated carbocycles. The summed E-state index contributed by atoms with van der Waals surface area (Å²) in [4.78, 5) is 24.1. The number of aliphatic carboxylic acids is 1. The van der Waals surface area contributed by atoms with E-state index in [1.807, 2.05) is 0 Å². The number of hydrogen-bond acceptors (Lipinski definition) is 3. The Bertz CT molecular complexity index is 519. The lowest BCUT2D eigenvalue weighted by molar-refractivity contribution is -0.187. The summed E-state index contributed by atoms with van der Waals surface area (Å²) in [5, 5.41) is 11.6. The van der Waals surface area contributed by atoms with Crippen molar-refractivity contribution >= 4 is 12.0 Å². The van der Waals surface area contributed by atoms with Gasteiger partial charge in [-0.3, -0.25) is 4.79 Å². The number of halogens is 3. The number of likely N-dealkylation sites (tertiary alicyclic amines) is 1. The molecule has 3 rings (SSSR count). The van der Waals surface area contributed by atoms with E-state index in [9.17, 15) is 22.8 Å². The van der Waals surface area contributed by atoms with Gasteiger partial charge in [0.25, 0.3) is 0 Å². The Kier molecular flexibility index (Phi) is 4.39. The predicted octanol–water partition coefficient (Wildman–Crippen LogP) is 1.71. The van der Waals surface area contributed by atoms with Gasteiger partial charge in [-0.25, -0.2) is 4.79 Å². The number of alkyl halides is 3. The van der Waals surface area contributed by atoms with E-state index in [4.69, 9.17) is 9.84 Å². The molecule has 0 aromatic heterocycles. The van der Waals surface area contributed by atoms with Gasteiger partial charge in [-0.2, -0.15) is 13.2 Å². The highest BCUT2D eigenvalue weighted by Gasteiger charge is 2.55. The number of amides is 2. The van der Waals surface area contributed by atoms with Crippen molar-refractivity contribution in [2.75, 3.05) is 32.8 Å². The lowest BCUT2D eigenvalue weighted by Crippen LogP contribution is -2.41. The number of urea groups is 1. The molecule has 0 aromatic rings. The first-order chi connectivity index (χ1) is 11.2. The minimum absolute atomic E-state index is 0.217. The molecule has 24 heavy (non-hydrogen) atoms. The van der Waals surface area contributed by atoms with Crippen molar-refractivity contribution in [1.29, 1.82) is 0 Å². The molecule has 2 heterocycles. The first kappa shape index (κ1) is 17.3. The topological polar surface area (TPSA) is 78.9 Å². The zero-order valence-corrected chi connectivity index (χ0v) is 13.1. The van der Waals surface area contributed by atoms with Gasteiger partial charge in [0.1, 0.15) is 0 Å². The molecule has 9 heteroatoms. The van der Waals surface area contributed by atoms with Gasteiger partial charge in [-0.15, -0.1) is 0 Å². The van der Waals surface area contributed by atoms with Crippen LogP contribution in [0.4, 0.5) is 18.0 Å². The minimum Gasteiger partial charge on any atom is -0.481 e. The normalized spacial score (nSPS) is 32.0. The number of rotatable bonds is 3. The van der Waals surface area contributed by atoms with Crippen LogP contribution in [-0.4, -0.2) is 61.0 Å². The molecule has 136 valence electrons. The molecule has 0 radical (unpaired) electrons. The fraction of sp³-hybridized carbons (Fsp3) is 0.867. The maximum absolute atomic E-state index is 12.9. The fourth-order valence-corrected chi connectivity index (χ4v) is 3.98. The number of ether oxygens (including phenoxy) is 1. The number of hydrogen-bond donors (Lipinski definition) is 2. The SMILES string of the molecule is O=C(O)[C@@H]1CN(C(=O)NCC2CC23CCOCC3)C[C@H]1C(F)(F)F. The van der Waals surface area contributed by atoms with Crippen LogP contribution in [0.25, 0.3) is 0 Å². The molecule has 3 atom stereocenters. The van der Waals surface area contributed by atoms with Gasteiger partial charge in [0.2, 0.25) is 0 Å². The Morgan fingerprint density at radius 3 is 2.46 bits per heavy atom. The van der Waals surface area contributed by atoms with Crippen LogP contribution >= 0.6 is 0 Å². The highest BCUT2D eigenvalue weighted by atomic mass is 19.4. The summed E-state index contributed by atoms with van der Waals surface area (Å²) in [7, 11) is 0. The largest absolute Gasteiger partial charge is 0.481 e. The summed E-state index contributed by atoms with van der Waals surface area (Å²) in [6, 6.07) is -0.609. The Morgan fingerprint density at radius 1 is 1.25 bits per heavy atom. The molecule has 2 N–H and O–H groups in total. The van der Waals surface area contributed by atoms with Gasteiger partial charge in [0.15, 0.2) is 0 Å². The molecule has 2 saturated heterocycles. The number of nitrogens with one attached hydrogen (secondary N) is 1. The van der Waals surface area contributed by atoms with E-state index in [0.717, 1.165) is 24.2 Å². The van der Waals surface area contributed by atoms with Gasteiger partial charge in [0.05, 0.1) is 11.8 Å². The smallest absolute Gasteiger partial charge is 0.394 e. The van der Waals surface area contributed by atoms with Gasteiger partial charge in [-0.1, -0.05) is 0 Å². The van der Waals surface area contributed by atoms with E-state index in [1.165, 1.54) is 0 Å². The third kappa shape index (κ3) is 3.31. The van der Waals surface area contributed by atoms with E-state index in [2.05, 4.69) is 5.32 Å². The van der Waals surface area contributed by atoms with Gasteiger partial charge >= 0.3 is 18.2 Å². The van der Waals surface area contributed by atoms with Crippen LogP contribution in [0.2, 0.25) is 0 Å². The summed E-state index contributed by atoms with van der Waals surface area (Å²) in [6.07, 6.45) is -1.72. The monoisotopic (exact) mass is 350 g/mol. The van der Waals surface area contributed by atoms with E-state index in [0.29, 0.717) is 25.7 Å². The van der Waals surface area contributed by atoms with Gasteiger partial charge in [0, 0.05) is 32.8 Å². The van der Waals surface area contributed by atoms with Crippen molar-refractivity contribution in [3.8, 4) is 0 Å². The zero-order chi connectivity index (χ0) is 17.5. The second kappa shape index (κ2) is 6.09. The molecule has 0 aromatic carbocycles. The third-order valence-corrected chi connectivity index (χ3v) is 5.69. The third-order valence-electron chi connectivity index (χ3n) is 5.69. The second-order valence-electron chi connectivity index (χ2n) is 7.06. The number of carbonyl (C=O) groups excluding carboxylic acids is 1. The van der Waals surface area contributed by atoms with E-state index >= 15 is 0 Å². The summed E-state index contributed by atoms with van der Waals surface area (Å²) < 4.78 is 44.1. The molecule has 3 fully saturated rings. The van der Waals surface area contributed by atoms with Crippen LogP contribution in [0.1, 0.15) is 19.3 Å². The fourth-order valence-electron chi connectivity index (χ4n) is 3.98. The maximum atomic E-state index is 12.9. The molecular weight excluding hydrogens is 329 g/mol. The molecule has 1 aliphatic carbocycles. The van der Waals surface area contributed by atoms with E-state index < -0.39 is 43.1 Å². The van der Waals surface area contributed by atoms with Crippen LogP contribution in [-0.2, 0) is 9.53 Å². The lowest BCUT2D eigenvalue weighted by Gasteiger charge is -2.23. The molecular formula is C15H21F3N2O4. The molecule has 2 aliphatic heterocycles. The maximum Gasteiger partial charge on any atom is 0.394 e. The van der Waals surface area contributed by atoms with Crippen molar-refractivity contribution in [2.45, 2.75) is 25.4 Å². The van der Waals surface area contributed by atoms with E-state index in [1.54, 1.807) is 0 Å². The Morgan fingerprint density at radius 2 is 1.92 bits per heavy atom. The summed E-state index contributed by atoms with van der Waals surface area (Å²) >= 11 is 0. The molecule has 1 spiro atoms. The summed E-state index contributed by atoms with van der Waals surface area (Å²) in [6.45, 7) is 0.836. The van der Waals surface area contributed by atoms with Crippen molar-refractivity contribution in [2.24, 2.45) is 23.2 Å². The number of carboxylic acids is 1. The summed E-state index contributed by atoms with van der Waals surface area (Å²) in [5.74, 6) is -4.79. The first-order valence-corrected chi connectivity index (χ1v) is 8.13. The molecule has 0 bridgehead atoms. The van der Waals surface area contributed by atoms with Crippen LogP contribution in [0.15, 0.2) is 0 Å². The minimum atomic E-state index is -4.62. The van der Waals surface area contributed by atoms with Crippen LogP contribution in [0.3, 0.4) is 0 Å². The quantitative estimate of drug-likeness (QED) is 0.812. The van der Waals surface area contributed by atoms with Crippen molar-refractivity contribution < 1.29 is 32.6 Å². The lowest BCUT2D eigenvalue weighted by atomic mass is 9.94. The highest BCUT2D eigenvalue weighted by Crippen LogP contribution is 2.58. The highest BCUT2D eigenvalue weighted by molar-refractivity contribution is 5.77. The molecule has 1 unspecified atom stereocenters.